The number of rotatable bonds is 6. The van der Waals surface area contributed by atoms with E-state index in [1.807, 2.05) is 18.2 Å². The van der Waals surface area contributed by atoms with Crippen LogP contribution in [-0.4, -0.2) is 44.1 Å². The van der Waals surface area contributed by atoms with Crippen LogP contribution < -0.4 is 19.1 Å². The van der Waals surface area contributed by atoms with Crippen LogP contribution >= 0.6 is 0 Å². The van der Waals surface area contributed by atoms with E-state index in [0.29, 0.717) is 30.3 Å². The normalized spacial score (nSPS) is 18.0. The van der Waals surface area contributed by atoms with Crippen molar-refractivity contribution in [2.75, 3.05) is 31.8 Å². The van der Waals surface area contributed by atoms with Crippen LogP contribution in [0.15, 0.2) is 78.5 Å². The first kappa shape index (κ1) is 28.8. The van der Waals surface area contributed by atoms with Crippen molar-refractivity contribution in [1.82, 2.24) is 0 Å². The number of nitrogens with one attached hydrogen (secondary N) is 2. The number of para-hydroxylation sites is 1. The standard InChI is InChI=1S/C21H24N2O.C9H9NO3.Co/c1-4-23-19-11-10-17(24-3)14-18(19)21(2,20(23)12-13-22)15-16-8-6-5-7-9-16;10-9(11)6-2-1-3-7-8(6)13-5-4-12-7;/h5-14,22H,4,15H2,1-3H3;1-3H,4-5H2,(H2,10,11);/b20-12-,22-13?;;. The van der Waals surface area contributed by atoms with E-state index in [-0.39, 0.29) is 22.2 Å². The predicted molar refractivity (Wildman–Crippen MR) is 147 cm³/mol. The Bertz CT molecular complexity index is 1310. The molecule has 0 amide bonds. The molecule has 1 unspecified atom stereocenters. The van der Waals surface area contributed by atoms with E-state index in [0.717, 1.165) is 18.7 Å². The molecule has 0 bridgehead atoms. The molecule has 2 aliphatic heterocycles. The topological polar surface area (TPSA) is 98.9 Å². The summed E-state index contributed by atoms with van der Waals surface area (Å²) in [7, 11) is 1.71. The summed E-state index contributed by atoms with van der Waals surface area (Å²) in [6, 6.07) is 21.9. The Balaban J connectivity index is 0.000000242. The Morgan fingerprint density at radius 2 is 1.82 bits per heavy atom. The van der Waals surface area contributed by atoms with Gasteiger partial charge in [-0.05, 0) is 67.8 Å². The maximum atomic E-state index is 9.03. The molecular weight excluding hydrogens is 525 g/mol. The van der Waals surface area contributed by atoms with Gasteiger partial charge in [-0.25, -0.2) is 0 Å². The van der Waals surface area contributed by atoms with Crippen molar-refractivity contribution in [2.24, 2.45) is 0 Å². The van der Waals surface area contributed by atoms with Gasteiger partial charge in [0, 0.05) is 46.3 Å². The number of methoxy groups -OCH3 is 1. The Hall–Kier alpha value is -3.75. The van der Waals surface area contributed by atoms with Crippen molar-refractivity contribution in [3.63, 3.8) is 0 Å². The Morgan fingerprint density at radius 1 is 1.08 bits per heavy atom. The van der Waals surface area contributed by atoms with Crippen LogP contribution in [0.5, 0.6) is 17.2 Å². The molecule has 2 aliphatic rings. The Labute approximate surface area is 234 Å². The summed E-state index contributed by atoms with van der Waals surface area (Å²) < 4.78 is 16.0. The molecule has 7 nitrogen and oxygen atoms in total. The number of ether oxygens (including phenoxy) is 3. The first-order chi connectivity index (χ1) is 17.9. The van der Waals surface area contributed by atoms with Gasteiger partial charge < -0.3 is 29.6 Å². The molecule has 0 saturated heterocycles. The van der Waals surface area contributed by atoms with Crippen molar-refractivity contribution in [2.45, 2.75) is 25.7 Å². The number of benzene rings is 3. The van der Waals surface area contributed by atoms with Gasteiger partial charge >= 0.3 is 0 Å². The zero-order valence-corrected chi connectivity index (χ0v) is 22.8. The maximum absolute atomic E-state index is 9.03. The molecule has 201 valence electrons. The van der Waals surface area contributed by atoms with E-state index < -0.39 is 5.90 Å². The summed E-state index contributed by atoms with van der Waals surface area (Å²) in [5.74, 6) is 1.42. The number of fused-ring (bicyclic) bond motifs is 2. The van der Waals surface area contributed by atoms with Gasteiger partial charge in [-0.15, -0.1) is 0 Å². The number of nitrogens with zero attached hydrogens (tertiary/aromatic N) is 1. The molecule has 38 heavy (non-hydrogen) atoms. The third kappa shape index (κ3) is 5.71. The van der Waals surface area contributed by atoms with Gasteiger partial charge in [0.15, 0.2) is 11.5 Å². The van der Waals surface area contributed by atoms with Crippen LogP contribution in [0.1, 0.15) is 30.5 Å². The van der Waals surface area contributed by atoms with Crippen LogP contribution in [0.2, 0.25) is 0 Å². The molecule has 5 rings (SSSR count). The fourth-order valence-corrected chi connectivity index (χ4v) is 5.03. The molecule has 3 N–H and O–H groups in total. The van der Waals surface area contributed by atoms with Crippen LogP contribution in [0.4, 0.5) is 5.69 Å². The number of hydrogen-bond donors (Lipinski definition) is 3. The minimum absolute atomic E-state index is 0. The summed E-state index contributed by atoms with van der Waals surface area (Å²) in [6.45, 7) is 6.26. The van der Waals surface area contributed by atoms with Crippen molar-refractivity contribution >= 4 is 17.8 Å². The molecule has 1 atom stereocenters. The number of hydrogen-bond acceptors (Lipinski definition) is 6. The summed E-state index contributed by atoms with van der Waals surface area (Å²) in [4.78, 5) is 2.31. The summed E-state index contributed by atoms with van der Waals surface area (Å²) in [5.41, 5.74) is 5.14. The second kappa shape index (κ2) is 12.7. The average molecular weight is 559 g/mol. The predicted octanol–water partition coefficient (Wildman–Crippen LogP) is 5.91. The molecule has 0 aliphatic carbocycles. The third-order valence-corrected chi connectivity index (χ3v) is 6.72. The van der Waals surface area contributed by atoms with Crippen molar-refractivity contribution in [1.29, 1.82) is 10.8 Å². The maximum Gasteiger partial charge on any atom is 0.214 e. The van der Waals surface area contributed by atoms with E-state index in [1.165, 1.54) is 28.7 Å². The molecule has 0 spiro atoms. The van der Waals surface area contributed by atoms with Gasteiger partial charge in [0.05, 0.1) is 12.7 Å². The minimum atomic E-state index is -0.498. The van der Waals surface area contributed by atoms with E-state index in [1.54, 1.807) is 25.3 Å². The second-order valence-electron chi connectivity index (χ2n) is 9.02. The fraction of sp³-hybridized carbons (Fsp3) is 0.267. The van der Waals surface area contributed by atoms with Crippen LogP contribution in [0.3, 0.4) is 0 Å². The van der Waals surface area contributed by atoms with E-state index >= 15 is 0 Å². The first-order valence-corrected chi connectivity index (χ1v) is 12.3. The molecule has 0 fully saturated rings. The van der Waals surface area contributed by atoms with E-state index in [2.05, 4.69) is 55.1 Å². The van der Waals surface area contributed by atoms with Crippen LogP contribution in [-0.2, 0) is 28.6 Å². The van der Waals surface area contributed by atoms with Gasteiger partial charge in [-0.3, -0.25) is 5.41 Å². The zero-order valence-electron chi connectivity index (χ0n) is 21.8. The molecule has 8 heteroatoms. The van der Waals surface area contributed by atoms with Crippen LogP contribution in [0, 0.1) is 10.8 Å². The number of aliphatic hydroxyl groups excluding tert-OH is 1. The number of allylic oxidation sites excluding steroid dienone is 2. The van der Waals surface area contributed by atoms with Crippen LogP contribution in [0.25, 0.3) is 0 Å². The molecular formula is C30H33CoN3O4. The summed E-state index contributed by atoms with van der Waals surface area (Å²) in [6.07, 6.45) is 4.22. The second-order valence-corrected chi connectivity index (χ2v) is 9.02. The first-order valence-electron chi connectivity index (χ1n) is 12.3. The molecule has 0 saturated carbocycles. The Kier molecular flexibility index (Phi) is 9.60. The van der Waals surface area contributed by atoms with Crippen molar-refractivity contribution in [3.8, 4) is 17.2 Å². The monoisotopic (exact) mass is 558 g/mol. The fourth-order valence-electron chi connectivity index (χ4n) is 5.03. The number of aliphatic hydroxyl groups is 1. The van der Waals surface area contributed by atoms with Gasteiger partial charge in [0.2, 0.25) is 5.90 Å². The van der Waals surface area contributed by atoms with Crippen molar-refractivity contribution < 1.29 is 36.1 Å². The average Bonchev–Trinajstić information content (AvgIpc) is 3.15. The quantitative estimate of drug-likeness (QED) is 0.258. The Morgan fingerprint density at radius 3 is 2.47 bits per heavy atom. The SMILES string of the molecule is CCN1/C(=C\C=N)C(C)(Cc2ccccc2)c2cc(OC)ccc21.N=C(O)c1cccc2c1OCCO2.[Co]. The largest absolute Gasteiger partial charge is 0.497 e. The third-order valence-electron chi connectivity index (χ3n) is 6.72. The molecule has 1 radical (unpaired) electrons. The van der Waals surface area contributed by atoms with Gasteiger partial charge in [-0.2, -0.15) is 0 Å². The molecule has 2 heterocycles. The van der Waals surface area contributed by atoms with Gasteiger partial charge in [-0.1, -0.05) is 36.4 Å². The van der Waals surface area contributed by atoms with Gasteiger partial charge in [0.1, 0.15) is 19.0 Å². The van der Waals surface area contributed by atoms with E-state index in [4.69, 9.17) is 30.1 Å². The number of anilines is 1. The smallest absolute Gasteiger partial charge is 0.214 e. The van der Waals surface area contributed by atoms with Crippen molar-refractivity contribution in [3.05, 3.63) is 95.2 Å². The zero-order chi connectivity index (χ0) is 26.4. The summed E-state index contributed by atoms with van der Waals surface area (Å²) >= 11 is 0. The number of likely N-dealkylation sites (N-methyl/N-ethyl adjacent to an activating group) is 1. The molecule has 3 aromatic rings. The summed E-state index contributed by atoms with van der Waals surface area (Å²) in [5, 5.41) is 23.7. The van der Waals surface area contributed by atoms with Gasteiger partial charge in [0.25, 0.3) is 0 Å². The molecule has 0 aromatic heterocycles. The molecule has 3 aromatic carbocycles. The minimum Gasteiger partial charge on any atom is -0.497 e. The van der Waals surface area contributed by atoms with E-state index in [9.17, 15) is 0 Å².